The first kappa shape index (κ1) is 23.0. The molecule has 0 atom stereocenters. The van der Waals surface area contributed by atoms with Crippen LogP contribution in [0.25, 0.3) is 0 Å². The first-order chi connectivity index (χ1) is 13.8. The molecule has 1 fully saturated rings. The normalized spacial score (nSPS) is 16.8. The Morgan fingerprint density at radius 1 is 1.14 bits per heavy atom. The molecule has 7 heteroatoms. The lowest BCUT2D eigenvalue weighted by molar-refractivity contribution is 0.0511. The zero-order valence-corrected chi connectivity index (χ0v) is 18.4. The van der Waals surface area contributed by atoms with Crippen molar-refractivity contribution in [3.05, 3.63) is 35.4 Å². The number of nitrogens with zero attached hydrogens (tertiary/aromatic N) is 1. The summed E-state index contributed by atoms with van der Waals surface area (Å²) in [4.78, 5) is 16.0. The number of aliphatic imine (C=N–C) groups is 1. The van der Waals surface area contributed by atoms with Gasteiger partial charge in [-0.15, -0.1) is 0 Å². The highest BCUT2D eigenvalue weighted by Crippen LogP contribution is 2.36. The number of hydrogen-bond acceptors (Lipinski definition) is 4. The SMILES string of the molecule is CN=C(NCCNC(=O)OC(C)(C)C)NCC1(c2ccccc2C)CCOCC1. The van der Waals surface area contributed by atoms with Crippen LogP contribution in [0, 0.1) is 6.92 Å². The van der Waals surface area contributed by atoms with Crippen LogP contribution in [-0.2, 0) is 14.9 Å². The number of nitrogens with one attached hydrogen (secondary N) is 3. The molecule has 2 rings (SSSR count). The lowest BCUT2D eigenvalue weighted by atomic mass is 9.72. The van der Waals surface area contributed by atoms with Crippen LogP contribution in [0.15, 0.2) is 29.3 Å². The highest BCUT2D eigenvalue weighted by Gasteiger charge is 2.35. The third-order valence-electron chi connectivity index (χ3n) is 5.07. The second kappa shape index (κ2) is 10.5. The van der Waals surface area contributed by atoms with Crippen LogP contribution in [0.3, 0.4) is 0 Å². The van der Waals surface area contributed by atoms with E-state index in [1.807, 2.05) is 20.8 Å². The van der Waals surface area contributed by atoms with E-state index in [0.717, 1.165) is 38.6 Å². The van der Waals surface area contributed by atoms with E-state index in [-0.39, 0.29) is 5.41 Å². The van der Waals surface area contributed by atoms with Gasteiger partial charge in [0.1, 0.15) is 5.60 Å². The quantitative estimate of drug-likeness (QED) is 0.386. The standard InChI is InChI=1S/C22H36N4O3/c1-17-8-6-7-9-18(17)22(10-14-28-15-11-22)16-26-19(23-5)24-12-13-25-20(27)29-21(2,3)4/h6-9H,10-16H2,1-5H3,(H,25,27)(H2,23,24,26). The second-order valence-corrected chi connectivity index (χ2v) is 8.49. The first-order valence-electron chi connectivity index (χ1n) is 10.3. The van der Waals surface area contributed by atoms with Crippen LogP contribution >= 0.6 is 0 Å². The van der Waals surface area contributed by atoms with Gasteiger partial charge in [-0.05, 0) is 51.7 Å². The number of ether oxygens (including phenoxy) is 2. The number of guanidine groups is 1. The van der Waals surface area contributed by atoms with Gasteiger partial charge in [0.25, 0.3) is 0 Å². The Bertz CT molecular complexity index is 692. The van der Waals surface area contributed by atoms with E-state index in [1.54, 1.807) is 7.05 Å². The Labute approximate surface area is 174 Å². The zero-order chi connectivity index (χ0) is 21.3. The van der Waals surface area contributed by atoms with Gasteiger partial charge in [0, 0.05) is 45.3 Å². The van der Waals surface area contributed by atoms with Crippen LogP contribution in [0.5, 0.6) is 0 Å². The van der Waals surface area contributed by atoms with Gasteiger partial charge in [-0.3, -0.25) is 4.99 Å². The summed E-state index contributed by atoms with van der Waals surface area (Å²) >= 11 is 0. The number of carbonyl (C=O) groups is 1. The summed E-state index contributed by atoms with van der Waals surface area (Å²) in [6.07, 6.45) is 1.53. The predicted octanol–water partition coefficient (Wildman–Crippen LogP) is 2.73. The van der Waals surface area contributed by atoms with Crippen molar-refractivity contribution in [2.24, 2.45) is 4.99 Å². The third-order valence-corrected chi connectivity index (χ3v) is 5.07. The minimum Gasteiger partial charge on any atom is -0.444 e. The van der Waals surface area contributed by atoms with Crippen LogP contribution in [0.1, 0.15) is 44.7 Å². The summed E-state index contributed by atoms with van der Waals surface area (Å²) in [6, 6.07) is 8.58. The van der Waals surface area contributed by atoms with Gasteiger partial charge in [0.2, 0.25) is 0 Å². The number of benzene rings is 1. The molecule has 1 aliphatic rings. The van der Waals surface area contributed by atoms with E-state index in [1.165, 1.54) is 11.1 Å². The summed E-state index contributed by atoms with van der Waals surface area (Å²) in [7, 11) is 1.75. The van der Waals surface area contributed by atoms with Crippen molar-refractivity contribution >= 4 is 12.1 Å². The lowest BCUT2D eigenvalue weighted by Crippen LogP contribution is -2.49. The van der Waals surface area contributed by atoms with Crippen LogP contribution in [-0.4, -0.2) is 57.5 Å². The smallest absolute Gasteiger partial charge is 0.407 e. The largest absolute Gasteiger partial charge is 0.444 e. The third kappa shape index (κ3) is 7.24. The molecule has 1 saturated heterocycles. The minimum atomic E-state index is -0.497. The Morgan fingerprint density at radius 2 is 1.79 bits per heavy atom. The molecule has 1 aliphatic heterocycles. The number of alkyl carbamates (subject to hydrolysis) is 1. The van der Waals surface area contributed by atoms with Gasteiger partial charge >= 0.3 is 6.09 Å². The van der Waals surface area contributed by atoms with E-state index in [9.17, 15) is 4.79 Å². The molecule has 1 amide bonds. The Morgan fingerprint density at radius 3 is 2.41 bits per heavy atom. The molecule has 0 unspecified atom stereocenters. The zero-order valence-electron chi connectivity index (χ0n) is 18.4. The summed E-state index contributed by atoms with van der Waals surface area (Å²) in [5.41, 5.74) is 2.21. The van der Waals surface area contributed by atoms with Crippen LogP contribution < -0.4 is 16.0 Å². The van der Waals surface area contributed by atoms with E-state index < -0.39 is 11.7 Å². The van der Waals surface area contributed by atoms with E-state index >= 15 is 0 Å². The van der Waals surface area contributed by atoms with E-state index in [0.29, 0.717) is 13.1 Å². The van der Waals surface area contributed by atoms with E-state index in [4.69, 9.17) is 9.47 Å². The van der Waals surface area contributed by atoms with Crippen molar-refractivity contribution in [1.82, 2.24) is 16.0 Å². The lowest BCUT2D eigenvalue weighted by Gasteiger charge is -2.39. The van der Waals surface area contributed by atoms with Crippen LogP contribution in [0.2, 0.25) is 0 Å². The summed E-state index contributed by atoms with van der Waals surface area (Å²) in [5.74, 6) is 0.718. The highest BCUT2D eigenvalue weighted by atomic mass is 16.6. The summed E-state index contributed by atoms with van der Waals surface area (Å²) < 4.78 is 10.9. The molecule has 0 aliphatic carbocycles. The molecule has 162 valence electrons. The van der Waals surface area contributed by atoms with Gasteiger partial charge in [-0.1, -0.05) is 24.3 Å². The van der Waals surface area contributed by atoms with Gasteiger partial charge in [-0.2, -0.15) is 0 Å². The van der Waals surface area contributed by atoms with Gasteiger partial charge < -0.3 is 25.4 Å². The van der Waals surface area contributed by atoms with Crippen LogP contribution in [0.4, 0.5) is 4.79 Å². The molecule has 0 aromatic heterocycles. The molecule has 0 saturated carbocycles. The number of hydrogen-bond donors (Lipinski definition) is 3. The molecular weight excluding hydrogens is 368 g/mol. The number of rotatable bonds is 6. The molecule has 0 bridgehead atoms. The maximum absolute atomic E-state index is 11.7. The van der Waals surface area contributed by atoms with Gasteiger partial charge in [0.15, 0.2) is 5.96 Å². The topological polar surface area (TPSA) is 84.0 Å². The fourth-order valence-electron chi connectivity index (χ4n) is 3.60. The number of carbonyl (C=O) groups excluding carboxylic acids is 1. The summed E-state index contributed by atoms with van der Waals surface area (Å²) in [6.45, 7) is 11.0. The van der Waals surface area contributed by atoms with Crippen molar-refractivity contribution in [3.8, 4) is 0 Å². The van der Waals surface area contributed by atoms with E-state index in [2.05, 4.69) is 52.1 Å². The molecule has 3 N–H and O–H groups in total. The monoisotopic (exact) mass is 404 g/mol. The average molecular weight is 405 g/mol. The van der Waals surface area contributed by atoms with Crippen molar-refractivity contribution in [1.29, 1.82) is 0 Å². The maximum Gasteiger partial charge on any atom is 0.407 e. The van der Waals surface area contributed by atoms with Crippen molar-refractivity contribution in [2.45, 2.75) is 51.6 Å². The first-order valence-corrected chi connectivity index (χ1v) is 10.3. The number of aryl methyl sites for hydroxylation is 1. The molecule has 0 spiro atoms. The second-order valence-electron chi connectivity index (χ2n) is 8.49. The fraction of sp³-hybridized carbons (Fsp3) is 0.636. The maximum atomic E-state index is 11.7. The highest BCUT2D eigenvalue weighted by molar-refractivity contribution is 5.79. The Hall–Kier alpha value is -2.28. The minimum absolute atomic E-state index is 0.0238. The Kier molecular flexibility index (Phi) is 8.32. The molecular formula is C22H36N4O3. The molecule has 7 nitrogen and oxygen atoms in total. The summed E-state index contributed by atoms with van der Waals surface area (Å²) in [5, 5.41) is 9.46. The fourth-order valence-corrected chi connectivity index (χ4v) is 3.60. The predicted molar refractivity (Wildman–Crippen MR) is 117 cm³/mol. The molecule has 1 aromatic rings. The molecule has 0 radical (unpaired) electrons. The molecule has 1 aromatic carbocycles. The van der Waals surface area contributed by atoms with Crippen molar-refractivity contribution < 1.29 is 14.3 Å². The van der Waals surface area contributed by atoms with Crippen molar-refractivity contribution in [3.63, 3.8) is 0 Å². The van der Waals surface area contributed by atoms with Crippen molar-refractivity contribution in [2.75, 3.05) is 39.9 Å². The average Bonchev–Trinajstić information content (AvgIpc) is 2.67. The van der Waals surface area contributed by atoms with Gasteiger partial charge in [-0.25, -0.2) is 4.79 Å². The number of amides is 1. The molecule has 1 heterocycles. The Balaban J connectivity index is 1.88. The van der Waals surface area contributed by atoms with Gasteiger partial charge in [0.05, 0.1) is 0 Å². The molecule has 29 heavy (non-hydrogen) atoms.